The lowest BCUT2D eigenvalue weighted by Gasteiger charge is -2.04. The summed E-state index contributed by atoms with van der Waals surface area (Å²) >= 11 is 0. The fourth-order valence-corrected chi connectivity index (χ4v) is 1.42. The van der Waals surface area contributed by atoms with E-state index < -0.39 is 0 Å². The number of amides is 1. The summed E-state index contributed by atoms with van der Waals surface area (Å²) in [6.07, 6.45) is 0. The van der Waals surface area contributed by atoms with Gasteiger partial charge in [0.1, 0.15) is 11.6 Å². The van der Waals surface area contributed by atoms with E-state index in [2.05, 4.69) is 5.32 Å². The second-order valence-electron chi connectivity index (χ2n) is 3.83. The molecular weight excluding hydrogens is 221 g/mol. The topological polar surface area (TPSA) is 42.2 Å². The number of carbonyl (C=O) groups is 1. The standard InChI is InChI=1S/C13H12FNO2/c1-8-3-5-10(7-11(8)14)15-13(16)12-6-4-9(2)17-12/h3-7H,1-2H3,(H,15,16). The molecule has 0 aliphatic heterocycles. The van der Waals surface area contributed by atoms with E-state index in [9.17, 15) is 9.18 Å². The first-order chi connectivity index (χ1) is 8.06. The zero-order valence-electron chi connectivity index (χ0n) is 9.58. The Kier molecular flexibility index (Phi) is 2.95. The third-order valence-corrected chi connectivity index (χ3v) is 2.39. The first kappa shape index (κ1) is 11.4. The second kappa shape index (κ2) is 4.41. The average molecular weight is 233 g/mol. The summed E-state index contributed by atoms with van der Waals surface area (Å²) in [5, 5.41) is 2.57. The van der Waals surface area contributed by atoms with Crippen molar-refractivity contribution in [3.05, 3.63) is 53.2 Å². The molecule has 1 aromatic carbocycles. The monoisotopic (exact) mass is 233 g/mol. The van der Waals surface area contributed by atoms with Gasteiger partial charge in [0, 0.05) is 5.69 Å². The Bertz CT molecular complexity index is 560. The van der Waals surface area contributed by atoms with E-state index >= 15 is 0 Å². The quantitative estimate of drug-likeness (QED) is 0.864. The van der Waals surface area contributed by atoms with Crippen LogP contribution in [0.15, 0.2) is 34.7 Å². The summed E-state index contributed by atoms with van der Waals surface area (Å²) in [4.78, 5) is 11.7. The van der Waals surface area contributed by atoms with Gasteiger partial charge in [-0.25, -0.2) is 4.39 Å². The fraction of sp³-hybridized carbons (Fsp3) is 0.154. The van der Waals surface area contributed by atoms with Crippen molar-refractivity contribution in [1.29, 1.82) is 0 Å². The van der Waals surface area contributed by atoms with Crippen LogP contribution in [-0.4, -0.2) is 5.91 Å². The molecule has 88 valence electrons. The van der Waals surface area contributed by atoms with Crippen LogP contribution in [0.2, 0.25) is 0 Å². The zero-order chi connectivity index (χ0) is 12.4. The van der Waals surface area contributed by atoms with Gasteiger partial charge >= 0.3 is 0 Å². The van der Waals surface area contributed by atoms with Crippen LogP contribution in [-0.2, 0) is 0 Å². The molecule has 1 N–H and O–H groups in total. The zero-order valence-corrected chi connectivity index (χ0v) is 9.58. The van der Waals surface area contributed by atoms with Gasteiger partial charge < -0.3 is 9.73 Å². The molecule has 0 spiro atoms. The van der Waals surface area contributed by atoms with Gasteiger partial charge in [0.25, 0.3) is 5.91 Å². The number of benzene rings is 1. The van der Waals surface area contributed by atoms with Crippen molar-refractivity contribution in [3.8, 4) is 0 Å². The summed E-state index contributed by atoms with van der Waals surface area (Å²) in [5.41, 5.74) is 0.948. The highest BCUT2D eigenvalue weighted by molar-refractivity contribution is 6.02. The molecule has 0 atom stereocenters. The van der Waals surface area contributed by atoms with Crippen molar-refractivity contribution in [1.82, 2.24) is 0 Å². The minimum absolute atomic E-state index is 0.212. The lowest BCUT2D eigenvalue weighted by Crippen LogP contribution is -2.11. The maximum Gasteiger partial charge on any atom is 0.291 e. The highest BCUT2D eigenvalue weighted by Crippen LogP contribution is 2.15. The average Bonchev–Trinajstić information content (AvgIpc) is 2.70. The number of carbonyl (C=O) groups excluding carboxylic acids is 1. The number of furan rings is 1. The predicted molar refractivity (Wildman–Crippen MR) is 62.5 cm³/mol. The van der Waals surface area contributed by atoms with E-state index in [1.807, 2.05) is 0 Å². The molecule has 17 heavy (non-hydrogen) atoms. The molecule has 0 radical (unpaired) electrons. The molecule has 1 amide bonds. The van der Waals surface area contributed by atoms with Crippen molar-refractivity contribution in [2.45, 2.75) is 13.8 Å². The van der Waals surface area contributed by atoms with Gasteiger partial charge in [-0.05, 0) is 43.7 Å². The van der Waals surface area contributed by atoms with Crippen LogP contribution in [0.1, 0.15) is 21.9 Å². The van der Waals surface area contributed by atoms with Crippen molar-refractivity contribution in [3.63, 3.8) is 0 Å². The Labute approximate surface area is 98.3 Å². The summed E-state index contributed by atoms with van der Waals surface area (Å²) < 4.78 is 18.4. The lowest BCUT2D eigenvalue weighted by atomic mass is 10.2. The first-order valence-corrected chi connectivity index (χ1v) is 5.20. The molecular formula is C13H12FNO2. The molecule has 0 bridgehead atoms. The number of hydrogen-bond donors (Lipinski definition) is 1. The smallest absolute Gasteiger partial charge is 0.291 e. The summed E-state index contributed by atoms with van der Waals surface area (Å²) in [6.45, 7) is 3.42. The van der Waals surface area contributed by atoms with E-state index in [1.165, 1.54) is 6.07 Å². The summed E-state index contributed by atoms with van der Waals surface area (Å²) in [6, 6.07) is 7.81. The maximum absolute atomic E-state index is 13.3. The van der Waals surface area contributed by atoms with E-state index in [-0.39, 0.29) is 17.5 Å². The molecule has 1 heterocycles. The minimum Gasteiger partial charge on any atom is -0.456 e. The van der Waals surface area contributed by atoms with Crippen LogP contribution in [0.3, 0.4) is 0 Å². The largest absolute Gasteiger partial charge is 0.456 e. The molecule has 0 aliphatic rings. The molecule has 0 saturated heterocycles. The number of aryl methyl sites for hydroxylation is 2. The fourth-order valence-electron chi connectivity index (χ4n) is 1.42. The Morgan fingerprint density at radius 3 is 2.59 bits per heavy atom. The van der Waals surface area contributed by atoms with Crippen LogP contribution in [0, 0.1) is 19.7 Å². The number of rotatable bonds is 2. The van der Waals surface area contributed by atoms with Gasteiger partial charge in [0.05, 0.1) is 0 Å². The molecule has 1 aromatic heterocycles. The Morgan fingerprint density at radius 2 is 2.00 bits per heavy atom. The summed E-state index contributed by atoms with van der Waals surface area (Å²) in [5.74, 6) is 0.133. The summed E-state index contributed by atoms with van der Waals surface area (Å²) in [7, 11) is 0. The highest BCUT2D eigenvalue weighted by Gasteiger charge is 2.10. The molecule has 0 saturated carbocycles. The van der Waals surface area contributed by atoms with Gasteiger partial charge in [0.15, 0.2) is 5.76 Å². The van der Waals surface area contributed by atoms with E-state index in [0.717, 1.165) is 0 Å². The third-order valence-electron chi connectivity index (χ3n) is 2.39. The molecule has 4 heteroatoms. The Balaban J connectivity index is 2.15. The van der Waals surface area contributed by atoms with E-state index in [4.69, 9.17) is 4.42 Å². The van der Waals surface area contributed by atoms with Crippen molar-refractivity contribution >= 4 is 11.6 Å². The van der Waals surface area contributed by atoms with Gasteiger partial charge in [-0.2, -0.15) is 0 Å². The SMILES string of the molecule is Cc1ccc(C(=O)Nc2ccc(C)c(F)c2)o1. The Morgan fingerprint density at radius 1 is 1.24 bits per heavy atom. The molecule has 0 unspecified atom stereocenters. The van der Waals surface area contributed by atoms with Crippen LogP contribution in [0.5, 0.6) is 0 Å². The van der Waals surface area contributed by atoms with Crippen LogP contribution in [0.25, 0.3) is 0 Å². The number of halogens is 1. The third kappa shape index (κ3) is 2.53. The van der Waals surface area contributed by atoms with Gasteiger partial charge in [-0.15, -0.1) is 0 Å². The van der Waals surface area contributed by atoms with Gasteiger partial charge in [0.2, 0.25) is 0 Å². The normalized spacial score (nSPS) is 10.3. The van der Waals surface area contributed by atoms with Crippen molar-refractivity contribution < 1.29 is 13.6 Å². The van der Waals surface area contributed by atoms with Gasteiger partial charge in [-0.1, -0.05) is 6.07 Å². The number of anilines is 1. The van der Waals surface area contributed by atoms with Crippen LogP contribution < -0.4 is 5.32 Å². The van der Waals surface area contributed by atoms with E-state index in [0.29, 0.717) is 17.0 Å². The highest BCUT2D eigenvalue weighted by atomic mass is 19.1. The molecule has 2 aromatic rings. The van der Waals surface area contributed by atoms with Crippen molar-refractivity contribution in [2.75, 3.05) is 5.32 Å². The molecule has 3 nitrogen and oxygen atoms in total. The minimum atomic E-state index is -0.388. The Hall–Kier alpha value is -2.10. The molecule has 0 aliphatic carbocycles. The number of hydrogen-bond acceptors (Lipinski definition) is 2. The second-order valence-corrected chi connectivity index (χ2v) is 3.83. The first-order valence-electron chi connectivity index (χ1n) is 5.20. The maximum atomic E-state index is 13.3. The molecule has 0 fully saturated rings. The predicted octanol–water partition coefficient (Wildman–Crippen LogP) is 3.29. The van der Waals surface area contributed by atoms with Crippen molar-refractivity contribution in [2.24, 2.45) is 0 Å². The molecule has 2 rings (SSSR count). The van der Waals surface area contributed by atoms with Crippen LogP contribution >= 0.6 is 0 Å². The number of nitrogens with one attached hydrogen (secondary N) is 1. The van der Waals surface area contributed by atoms with Gasteiger partial charge in [-0.3, -0.25) is 4.79 Å². The van der Waals surface area contributed by atoms with E-state index in [1.54, 1.807) is 38.1 Å². The van der Waals surface area contributed by atoms with Crippen LogP contribution in [0.4, 0.5) is 10.1 Å². The lowest BCUT2D eigenvalue weighted by molar-refractivity contribution is 0.0995.